The summed E-state index contributed by atoms with van der Waals surface area (Å²) in [6.07, 6.45) is 2.14. The van der Waals surface area contributed by atoms with Crippen molar-refractivity contribution in [3.8, 4) is 0 Å². The Kier molecular flexibility index (Phi) is 4.06. The van der Waals surface area contributed by atoms with Gasteiger partial charge in [0.05, 0.1) is 5.84 Å². The van der Waals surface area contributed by atoms with Crippen LogP contribution < -0.4 is 5.73 Å². The summed E-state index contributed by atoms with van der Waals surface area (Å²) >= 11 is 0. The molecule has 0 bridgehead atoms. The fourth-order valence-electron chi connectivity index (χ4n) is 1.51. The highest BCUT2D eigenvalue weighted by atomic mass is 32.2. The first-order valence-corrected chi connectivity index (χ1v) is 6.38. The van der Waals surface area contributed by atoms with Gasteiger partial charge in [0.1, 0.15) is 0 Å². The molecule has 0 aliphatic carbocycles. The molecule has 3 N–H and O–H groups in total. The topological polar surface area (TPSA) is 90.5 Å². The third kappa shape index (κ3) is 3.15. The Morgan fingerprint density at radius 2 is 2.00 bits per heavy atom. The zero-order valence-electron chi connectivity index (χ0n) is 8.94. The minimum absolute atomic E-state index is 0.0125. The molecule has 0 aromatic rings. The smallest absolute Gasteiger partial charge is 0.281 e. The molecule has 1 aliphatic heterocycles. The summed E-state index contributed by atoms with van der Waals surface area (Å²) in [5.41, 5.74) is 5.19. The number of nitrogens with zero attached hydrogens (tertiary/aromatic N) is 2. The van der Waals surface area contributed by atoms with Gasteiger partial charge in [-0.3, -0.25) is 5.41 Å². The van der Waals surface area contributed by atoms with Crippen LogP contribution in [0.25, 0.3) is 0 Å². The summed E-state index contributed by atoms with van der Waals surface area (Å²) in [6, 6.07) is 0. The van der Waals surface area contributed by atoms with E-state index in [1.165, 1.54) is 15.7 Å². The molecule has 0 radical (unpaired) electrons. The fraction of sp³-hybridized carbons (Fsp3) is 0.875. The molecule has 0 unspecified atom stereocenters. The number of amidine groups is 1. The van der Waals surface area contributed by atoms with E-state index in [9.17, 15) is 8.42 Å². The van der Waals surface area contributed by atoms with Crippen molar-refractivity contribution in [3.63, 3.8) is 0 Å². The van der Waals surface area contributed by atoms with Gasteiger partial charge in [-0.25, -0.2) is 0 Å². The van der Waals surface area contributed by atoms with E-state index in [1.54, 1.807) is 0 Å². The van der Waals surface area contributed by atoms with Crippen LogP contribution in [0.1, 0.15) is 19.3 Å². The van der Waals surface area contributed by atoms with Gasteiger partial charge < -0.3 is 5.73 Å². The van der Waals surface area contributed by atoms with Crippen LogP contribution in [0.5, 0.6) is 0 Å². The second-order valence-corrected chi connectivity index (χ2v) is 5.75. The van der Waals surface area contributed by atoms with Crippen LogP contribution in [0.4, 0.5) is 0 Å². The lowest BCUT2D eigenvalue weighted by Gasteiger charge is -2.23. The average Bonchev–Trinajstić information content (AvgIpc) is 2.66. The van der Waals surface area contributed by atoms with E-state index in [1.807, 2.05) is 0 Å². The predicted octanol–water partition coefficient (Wildman–Crippen LogP) is -0.415. The summed E-state index contributed by atoms with van der Waals surface area (Å²) in [7, 11) is -1.80. The summed E-state index contributed by atoms with van der Waals surface area (Å²) in [5, 5.41) is 7.04. The fourth-order valence-corrected chi connectivity index (χ4v) is 2.95. The van der Waals surface area contributed by atoms with Crippen LogP contribution in [0.15, 0.2) is 0 Å². The van der Waals surface area contributed by atoms with E-state index >= 15 is 0 Å². The maximum atomic E-state index is 11.9. The molecule has 0 aromatic carbocycles. The normalized spacial score (nSPS) is 18.5. The van der Waals surface area contributed by atoms with Gasteiger partial charge in [0.15, 0.2) is 0 Å². The van der Waals surface area contributed by atoms with Crippen molar-refractivity contribution >= 4 is 16.0 Å². The lowest BCUT2D eigenvalue weighted by molar-refractivity contribution is 0.399. The van der Waals surface area contributed by atoms with E-state index < -0.39 is 10.2 Å². The number of nitrogens with two attached hydrogens (primary N) is 1. The van der Waals surface area contributed by atoms with Gasteiger partial charge in [0, 0.05) is 33.1 Å². The Bertz CT molecular complexity index is 322. The monoisotopic (exact) mass is 234 g/mol. The standard InChI is InChI=1S/C8H18N4O2S/c1-11(7-4-8(9)10)15(13,14)12-5-2-3-6-12/h2-7H2,1H3,(H3,9,10). The molecular formula is C8H18N4O2S. The molecule has 0 spiro atoms. The van der Waals surface area contributed by atoms with Gasteiger partial charge in [-0.2, -0.15) is 17.0 Å². The summed E-state index contributed by atoms with van der Waals surface area (Å²) in [6.45, 7) is 1.48. The molecule has 1 saturated heterocycles. The lowest BCUT2D eigenvalue weighted by Crippen LogP contribution is -2.41. The lowest BCUT2D eigenvalue weighted by atomic mass is 10.4. The Hall–Kier alpha value is -0.660. The van der Waals surface area contributed by atoms with Gasteiger partial charge in [0.25, 0.3) is 10.2 Å². The SMILES string of the molecule is CN(CCC(=N)N)S(=O)(=O)N1CCCC1. The zero-order valence-corrected chi connectivity index (χ0v) is 9.76. The minimum atomic E-state index is -3.32. The Labute approximate surface area is 90.7 Å². The van der Waals surface area contributed by atoms with Crippen molar-refractivity contribution in [1.29, 1.82) is 5.41 Å². The van der Waals surface area contributed by atoms with Crippen molar-refractivity contribution < 1.29 is 8.42 Å². The minimum Gasteiger partial charge on any atom is -0.388 e. The molecule has 0 atom stereocenters. The molecule has 1 rings (SSSR count). The van der Waals surface area contributed by atoms with Crippen molar-refractivity contribution in [2.24, 2.45) is 5.73 Å². The number of hydrogen-bond acceptors (Lipinski definition) is 3. The summed E-state index contributed by atoms with van der Waals surface area (Å²) in [5.74, 6) is 0.0125. The number of rotatable bonds is 5. The van der Waals surface area contributed by atoms with Crippen molar-refractivity contribution in [2.75, 3.05) is 26.7 Å². The summed E-state index contributed by atoms with van der Waals surface area (Å²) in [4.78, 5) is 0. The Balaban J connectivity index is 2.56. The van der Waals surface area contributed by atoms with E-state index in [-0.39, 0.29) is 18.8 Å². The van der Waals surface area contributed by atoms with E-state index in [4.69, 9.17) is 11.1 Å². The van der Waals surface area contributed by atoms with Gasteiger partial charge in [-0.05, 0) is 12.8 Å². The van der Waals surface area contributed by atoms with Crippen molar-refractivity contribution in [2.45, 2.75) is 19.3 Å². The van der Waals surface area contributed by atoms with E-state index in [2.05, 4.69) is 0 Å². The molecule has 0 saturated carbocycles. The van der Waals surface area contributed by atoms with Crippen LogP contribution >= 0.6 is 0 Å². The van der Waals surface area contributed by atoms with Crippen LogP contribution in [0.2, 0.25) is 0 Å². The second-order valence-electron chi connectivity index (χ2n) is 3.71. The zero-order chi connectivity index (χ0) is 11.5. The molecule has 6 nitrogen and oxygen atoms in total. The molecule has 88 valence electrons. The Morgan fingerprint density at radius 1 is 1.47 bits per heavy atom. The number of nitrogens with one attached hydrogen (secondary N) is 1. The quantitative estimate of drug-likeness (QED) is 0.500. The predicted molar refractivity (Wildman–Crippen MR) is 58.9 cm³/mol. The molecule has 1 heterocycles. The molecule has 7 heteroatoms. The Morgan fingerprint density at radius 3 is 2.47 bits per heavy atom. The van der Waals surface area contributed by atoms with Gasteiger partial charge in [-0.1, -0.05) is 0 Å². The first-order chi connectivity index (χ1) is 6.94. The van der Waals surface area contributed by atoms with Gasteiger partial charge >= 0.3 is 0 Å². The molecule has 0 aromatic heterocycles. The first-order valence-electron chi connectivity index (χ1n) is 4.99. The van der Waals surface area contributed by atoms with Crippen molar-refractivity contribution in [3.05, 3.63) is 0 Å². The van der Waals surface area contributed by atoms with E-state index in [0.29, 0.717) is 13.1 Å². The first kappa shape index (κ1) is 12.4. The molecular weight excluding hydrogens is 216 g/mol. The van der Waals surface area contributed by atoms with Gasteiger partial charge in [0.2, 0.25) is 0 Å². The highest BCUT2D eigenvalue weighted by Crippen LogP contribution is 2.15. The van der Waals surface area contributed by atoms with Crippen LogP contribution in [0, 0.1) is 5.41 Å². The molecule has 1 aliphatic rings. The maximum absolute atomic E-state index is 11.9. The average molecular weight is 234 g/mol. The highest BCUT2D eigenvalue weighted by molar-refractivity contribution is 7.86. The number of hydrogen-bond donors (Lipinski definition) is 2. The van der Waals surface area contributed by atoms with Crippen LogP contribution in [-0.4, -0.2) is 49.5 Å². The highest BCUT2D eigenvalue weighted by Gasteiger charge is 2.28. The van der Waals surface area contributed by atoms with Crippen LogP contribution in [-0.2, 0) is 10.2 Å². The molecule has 15 heavy (non-hydrogen) atoms. The third-order valence-corrected chi connectivity index (χ3v) is 4.47. The largest absolute Gasteiger partial charge is 0.388 e. The third-order valence-electron chi connectivity index (χ3n) is 2.48. The second kappa shape index (κ2) is 4.91. The molecule has 0 amide bonds. The van der Waals surface area contributed by atoms with Crippen LogP contribution in [0.3, 0.4) is 0 Å². The summed E-state index contributed by atoms with van der Waals surface area (Å²) < 4.78 is 26.5. The molecule has 1 fully saturated rings. The van der Waals surface area contributed by atoms with Crippen molar-refractivity contribution in [1.82, 2.24) is 8.61 Å². The maximum Gasteiger partial charge on any atom is 0.281 e. The van der Waals surface area contributed by atoms with Gasteiger partial charge in [-0.15, -0.1) is 0 Å². The van der Waals surface area contributed by atoms with E-state index in [0.717, 1.165) is 12.8 Å².